The van der Waals surface area contributed by atoms with Crippen LogP contribution in [-0.4, -0.2) is 37.9 Å². The molecule has 2 unspecified atom stereocenters. The number of hydrazone groups is 1. The quantitative estimate of drug-likeness (QED) is 0.549. The van der Waals surface area contributed by atoms with Crippen molar-refractivity contribution in [1.82, 2.24) is 4.90 Å². The highest BCUT2D eigenvalue weighted by atomic mass is 16.5. The first-order valence-corrected chi connectivity index (χ1v) is 11.2. The Morgan fingerprint density at radius 2 is 1.66 bits per heavy atom. The van der Waals surface area contributed by atoms with Crippen molar-refractivity contribution in [2.24, 2.45) is 11.0 Å². The van der Waals surface area contributed by atoms with Crippen molar-refractivity contribution in [3.05, 3.63) is 101 Å². The number of aryl methyl sites for hydroxylation is 1. The summed E-state index contributed by atoms with van der Waals surface area (Å²) in [6, 6.07) is 27.8. The summed E-state index contributed by atoms with van der Waals surface area (Å²) in [6.45, 7) is 4.00. The van der Waals surface area contributed by atoms with Crippen LogP contribution in [-0.2, 0) is 0 Å². The second kappa shape index (κ2) is 8.64. The first-order valence-electron chi connectivity index (χ1n) is 11.2. The molecule has 4 nitrogen and oxygen atoms in total. The molecule has 0 aromatic heterocycles. The standard InChI is InChI=1S/C28H29N3O/c1-20-9-11-21(12-10-20)17-23-18-30(2)19-26-27(23)29-31(24-7-5-4-6-8-24)28(26)22-13-15-25(32-3)16-14-22/h4-17,26,28H,18-19H2,1-3H3/b23-17+. The summed E-state index contributed by atoms with van der Waals surface area (Å²) < 4.78 is 5.40. The number of methoxy groups -OCH3 is 1. The van der Waals surface area contributed by atoms with Crippen molar-refractivity contribution in [1.29, 1.82) is 0 Å². The molecule has 2 aliphatic rings. The third kappa shape index (κ3) is 3.94. The summed E-state index contributed by atoms with van der Waals surface area (Å²) in [5.74, 6) is 1.17. The molecule has 3 aromatic rings. The number of piperidine rings is 1. The fourth-order valence-corrected chi connectivity index (χ4v) is 4.79. The van der Waals surface area contributed by atoms with Gasteiger partial charge in [0.15, 0.2) is 0 Å². The van der Waals surface area contributed by atoms with Gasteiger partial charge in [-0.15, -0.1) is 0 Å². The number of rotatable bonds is 4. The fraction of sp³-hybridized carbons (Fsp3) is 0.250. The van der Waals surface area contributed by atoms with E-state index in [0.717, 1.165) is 24.5 Å². The predicted octanol–water partition coefficient (Wildman–Crippen LogP) is 5.57. The third-order valence-electron chi connectivity index (χ3n) is 6.39. The zero-order valence-electron chi connectivity index (χ0n) is 18.9. The number of nitrogens with zero attached hydrogens (tertiary/aromatic N) is 3. The van der Waals surface area contributed by atoms with Crippen LogP contribution in [0.1, 0.15) is 22.7 Å². The Morgan fingerprint density at radius 3 is 2.34 bits per heavy atom. The number of hydrogen-bond acceptors (Lipinski definition) is 4. The molecule has 5 rings (SSSR count). The molecule has 0 saturated carbocycles. The molecule has 0 N–H and O–H groups in total. The number of para-hydroxylation sites is 1. The first kappa shape index (κ1) is 20.5. The molecular formula is C28H29N3O. The van der Waals surface area contributed by atoms with E-state index in [1.807, 2.05) is 12.1 Å². The molecule has 32 heavy (non-hydrogen) atoms. The van der Waals surface area contributed by atoms with E-state index in [-0.39, 0.29) is 6.04 Å². The molecular weight excluding hydrogens is 394 g/mol. The average Bonchev–Trinajstić information content (AvgIpc) is 3.20. The van der Waals surface area contributed by atoms with Crippen LogP contribution in [0.15, 0.2) is 89.5 Å². The predicted molar refractivity (Wildman–Crippen MR) is 132 cm³/mol. The third-order valence-corrected chi connectivity index (χ3v) is 6.39. The minimum absolute atomic E-state index is 0.141. The summed E-state index contributed by atoms with van der Waals surface area (Å²) in [5, 5.41) is 7.45. The van der Waals surface area contributed by atoms with Crippen molar-refractivity contribution >= 4 is 17.5 Å². The average molecular weight is 424 g/mol. The second-order valence-corrected chi connectivity index (χ2v) is 8.77. The van der Waals surface area contributed by atoms with Gasteiger partial charge in [-0.3, -0.25) is 5.01 Å². The van der Waals surface area contributed by atoms with E-state index in [1.165, 1.54) is 28.0 Å². The lowest BCUT2D eigenvalue weighted by Gasteiger charge is -2.34. The van der Waals surface area contributed by atoms with Gasteiger partial charge in [0.25, 0.3) is 0 Å². The van der Waals surface area contributed by atoms with E-state index in [2.05, 4.69) is 96.7 Å². The van der Waals surface area contributed by atoms with Crippen LogP contribution in [0.2, 0.25) is 0 Å². The highest BCUT2D eigenvalue weighted by Crippen LogP contribution is 2.43. The summed E-state index contributed by atoms with van der Waals surface area (Å²) in [4.78, 5) is 2.41. The van der Waals surface area contributed by atoms with Gasteiger partial charge in [0.1, 0.15) is 5.75 Å². The lowest BCUT2D eigenvalue weighted by molar-refractivity contribution is 0.303. The van der Waals surface area contributed by atoms with Crippen molar-refractivity contribution in [3.8, 4) is 5.75 Å². The number of anilines is 1. The Bertz CT molecular complexity index is 1130. The molecule has 3 aromatic carbocycles. The number of likely N-dealkylation sites (tertiary alicyclic amines) is 1. The van der Waals surface area contributed by atoms with Crippen molar-refractivity contribution < 1.29 is 4.74 Å². The van der Waals surface area contributed by atoms with Crippen LogP contribution < -0.4 is 9.75 Å². The Kier molecular flexibility index (Phi) is 5.54. The SMILES string of the molecule is COc1ccc(C2C3CN(C)C/C(=C\c4ccc(C)cc4)C3=NN2c2ccccc2)cc1. The molecule has 162 valence electrons. The number of hydrogen-bond donors (Lipinski definition) is 0. The van der Waals surface area contributed by atoms with Gasteiger partial charge >= 0.3 is 0 Å². The highest BCUT2D eigenvalue weighted by molar-refractivity contribution is 6.08. The molecule has 0 spiro atoms. The van der Waals surface area contributed by atoms with Gasteiger partial charge in [-0.25, -0.2) is 0 Å². The zero-order chi connectivity index (χ0) is 22.1. The van der Waals surface area contributed by atoms with Gasteiger partial charge in [-0.2, -0.15) is 5.10 Å². The number of fused-ring (bicyclic) bond motifs is 1. The fourth-order valence-electron chi connectivity index (χ4n) is 4.79. The summed E-state index contributed by atoms with van der Waals surface area (Å²) in [7, 11) is 3.91. The maximum atomic E-state index is 5.40. The summed E-state index contributed by atoms with van der Waals surface area (Å²) in [5.41, 5.74) is 7.37. The van der Waals surface area contributed by atoms with E-state index in [4.69, 9.17) is 9.84 Å². The van der Waals surface area contributed by atoms with Crippen LogP contribution in [0.3, 0.4) is 0 Å². The Balaban J connectivity index is 1.59. The number of likely N-dealkylation sites (N-methyl/N-ethyl adjacent to an activating group) is 1. The number of ether oxygens (including phenoxy) is 1. The first-order chi connectivity index (χ1) is 15.6. The summed E-state index contributed by atoms with van der Waals surface area (Å²) in [6.07, 6.45) is 2.31. The normalized spacial score (nSPS) is 22.0. The van der Waals surface area contributed by atoms with Gasteiger partial charge in [0.05, 0.1) is 24.6 Å². The van der Waals surface area contributed by atoms with Gasteiger partial charge < -0.3 is 9.64 Å². The molecule has 1 saturated heterocycles. The van der Waals surface area contributed by atoms with E-state index in [1.54, 1.807) is 7.11 Å². The second-order valence-electron chi connectivity index (χ2n) is 8.77. The zero-order valence-corrected chi connectivity index (χ0v) is 18.9. The minimum Gasteiger partial charge on any atom is -0.497 e. The van der Waals surface area contributed by atoms with Crippen LogP contribution >= 0.6 is 0 Å². The van der Waals surface area contributed by atoms with Gasteiger partial charge in [-0.05, 0) is 61.0 Å². The lowest BCUT2D eigenvalue weighted by atomic mass is 9.83. The molecule has 2 heterocycles. The highest BCUT2D eigenvalue weighted by Gasteiger charge is 2.43. The molecule has 2 atom stereocenters. The Hall–Kier alpha value is -3.37. The van der Waals surface area contributed by atoms with Crippen LogP contribution in [0, 0.1) is 12.8 Å². The van der Waals surface area contributed by atoms with E-state index >= 15 is 0 Å². The molecule has 4 heteroatoms. The Labute approximate surface area is 190 Å². The summed E-state index contributed by atoms with van der Waals surface area (Å²) >= 11 is 0. The van der Waals surface area contributed by atoms with Crippen LogP contribution in [0.5, 0.6) is 5.75 Å². The van der Waals surface area contributed by atoms with Crippen molar-refractivity contribution in [2.75, 3.05) is 32.3 Å². The topological polar surface area (TPSA) is 28.1 Å². The minimum atomic E-state index is 0.141. The smallest absolute Gasteiger partial charge is 0.118 e. The van der Waals surface area contributed by atoms with E-state index < -0.39 is 0 Å². The lowest BCUT2D eigenvalue weighted by Crippen LogP contribution is -2.41. The molecule has 2 aliphatic heterocycles. The van der Waals surface area contributed by atoms with Crippen LogP contribution in [0.4, 0.5) is 5.69 Å². The molecule has 0 aliphatic carbocycles. The van der Waals surface area contributed by atoms with Gasteiger partial charge in [0.2, 0.25) is 0 Å². The van der Waals surface area contributed by atoms with E-state index in [9.17, 15) is 0 Å². The molecule has 0 amide bonds. The largest absolute Gasteiger partial charge is 0.497 e. The van der Waals surface area contributed by atoms with Gasteiger partial charge in [0, 0.05) is 19.0 Å². The van der Waals surface area contributed by atoms with Gasteiger partial charge in [-0.1, -0.05) is 60.2 Å². The molecule has 0 radical (unpaired) electrons. The maximum Gasteiger partial charge on any atom is 0.118 e. The van der Waals surface area contributed by atoms with Crippen molar-refractivity contribution in [2.45, 2.75) is 13.0 Å². The van der Waals surface area contributed by atoms with Crippen LogP contribution in [0.25, 0.3) is 6.08 Å². The monoisotopic (exact) mass is 423 g/mol. The van der Waals surface area contributed by atoms with E-state index in [0.29, 0.717) is 5.92 Å². The molecule has 0 bridgehead atoms. The maximum absolute atomic E-state index is 5.40. The number of benzene rings is 3. The molecule has 1 fully saturated rings. The Morgan fingerprint density at radius 1 is 0.938 bits per heavy atom. The van der Waals surface area contributed by atoms with Crippen molar-refractivity contribution in [3.63, 3.8) is 0 Å².